The largest absolute Gasteiger partial charge is 0.492 e. The predicted octanol–water partition coefficient (Wildman–Crippen LogP) is 8.41. The van der Waals surface area contributed by atoms with Crippen molar-refractivity contribution in [1.29, 1.82) is 0 Å². The van der Waals surface area contributed by atoms with Crippen LogP contribution in [0.25, 0.3) is 0 Å². The highest BCUT2D eigenvalue weighted by atomic mass is 16.5. The number of rotatable bonds is 19. The van der Waals surface area contributed by atoms with E-state index in [1.807, 2.05) is 23.1 Å². The molecule has 0 aliphatic carbocycles. The van der Waals surface area contributed by atoms with E-state index < -0.39 is 0 Å². The highest BCUT2D eigenvalue weighted by Gasteiger charge is 2.35. The molecular formula is C29H50N2O3. The smallest absolute Gasteiger partial charge is 0.233 e. The molecule has 194 valence electrons. The van der Waals surface area contributed by atoms with Gasteiger partial charge in [0, 0.05) is 24.4 Å². The van der Waals surface area contributed by atoms with Crippen LogP contribution in [0, 0.1) is 0 Å². The van der Waals surface area contributed by atoms with Crippen LogP contribution in [0.15, 0.2) is 29.8 Å². The quantitative estimate of drug-likeness (QED) is 0.156. The molecule has 0 spiro atoms. The molecule has 1 heterocycles. The highest BCUT2D eigenvalue weighted by Crippen LogP contribution is 2.43. The molecule has 1 atom stereocenters. The van der Waals surface area contributed by atoms with Crippen molar-refractivity contribution in [3.05, 3.63) is 35.4 Å². The molecule has 0 saturated heterocycles. The minimum absolute atomic E-state index is 0.195. The summed E-state index contributed by atoms with van der Waals surface area (Å²) in [6, 6.07) is 5.94. The first-order chi connectivity index (χ1) is 16.6. The standard InChI is InChI=1S/C29H50N2O3/c1-4-7-10-13-14-15-20-31-26-23-24(30)18-19-25(26)27(33-21-16-11-8-5-2)28(29(31)32)34-22-17-12-9-6-3/h18-19,23,27,32H,4-17,20-22,30H2,1-3H3. The Bertz CT molecular complexity index is 719. The summed E-state index contributed by atoms with van der Waals surface area (Å²) in [6.07, 6.45) is 16.0. The van der Waals surface area contributed by atoms with Gasteiger partial charge in [-0.25, -0.2) is 0 Å². The van der Waals surface area contributed by atoms with E-state index in [1.165, 1.54) is 51.4 Å². The summed E-state index contributed by atoms with van der Waals surface area (Å²) in [4.78, 5) is 1.99. The van der Waals surface area contributed by atoms with E-state index in [2.05, 4.69) is 20.8 Å². The predicted molar refractivity (Wildman–Crippen MR) is 144 cm³/mol. The van der Waals surface area contributed by atoms with E-state index in [9.17, 15) is 5.11 Å². The fourth-order valence-electron chi connectivity index (χ4n) is 4.55. The number of unbranched alkanes of at least 4 members (excludes halogenated alkanes) is 11. The van der Waals surface area contributed by atoms with E-state index in [4.69, 9.17) is 15.2 Å². The van der Waals surface area contributed by atoms with Gasteiger partial charge in [-0.1, -0.05) is 97.5 Å². The molecule has 0 amide bonds. The van der Waals surface area contributed by atoms with Crippen molar-refractivity contribution in [1.82, 2.24) is 0 Å². The molecule has 5 heteroatoms. The molecule has 34 heavy (non-hydrogen) atoms. The molecule has 1 unspecified atom stereocenters. The average Bonchev–Trinajstić information content (AvgIpc) is 2.83. The summed E-state index contributed by atoms with van der Waals surface area (Å²) in [5, 5.41) is 11.4. The van der Waals surface area contributed by atoms with Gasteiger partial charge in [-0.2, -0.15) is 0 Å². The zero-order valence-electron chi connectivity index (χ0n) is 22.1. The normalized spacial score (nSPS) is 15.6. The summed E-state index contributed by atoms with van der Waals surface area (Å²) in [5.41, 5.74) is 8.85. The van der Waals surface area contributed by atoms with Crippen molar-refractivity contribution in [3.63, 3.8) is 0 Å². The third kappa shape index (κ3) is 9.05. The zero-order chi connectivity index (χ0) is 24.6. The van der Waals surface area contributed by atoms with Crippen molar-refractivity contribution in [2.45, 2.75) is 117 Å². The van der Waals surface area contributed by atoms with Gasteiger partial charge in [-0.05, 0) is 31.4 Å². The molecule has 1 aromatic carbocycles. The summed E-state index contributed by atoms with van der Waals surface area (Å²) in [6.45, 7) is 8.67. The SMILES string of the molecule is CCCCCCCCN1C(O)=C(OCCCCCC)C(OCCCCCC)c2ccc(N)cc21. The molecule has 1 aromatic rings. The number of benzene rings is 1. The minimum Gasteiger partial charge on any atom is -0.492 e. The van der Waals surface area contributed by atoms with Crippen molar-refractivity contribution < 1.29 is 14.6 Å². The molecule has 0 saturated carbocycles. The van der Waals surface area contributed by atoms with Crippen LogP contribution in [-0.4, -0.2) is 24.9 Å². The van der Waals surface area contributed by atoms with Gasteiger partial charge in [0.2, 0.25) is 5.88 Å². The zero-order valence-corrected chi connectivity index (χ0v) is 22.1. The number of anilines is 2. The molecule has 1 aliphatic rings. The number of nitrogen functional groups attached to an aromatic ring is 1. The minimum atomic E-state index is -0.385. The lowest BCUT2D eigenvalue weighted by atomic mass is 9.99. The maximum absolute atomic E-state index is 11.4. The number of aliphatic hydroxyl groups is 1. The number of ether oxygens (including phenoxy) is 2. The first-order valence-corrected chi connectivity index (χ1v) is 14.0. The Labute approximate surface area is 208 Å². The summed E-state index contributed by atoms with van der Waals surface area (Å²) in [5.74, 6) is 0.760. The van der Waals surface area contributed by atoms with Crippen LogP contribution >= 0.6 is 0 Å². The van der Waals surface area contributed by atoms with Crippen LogP contribution in [0.1, 0.15) is 122 Å². The number of nitrogens with two attached hydrogens (primary N) is 1. The number of hydrogen-bond acceptors (Lipinski definition) is 5. The molecule has 0 bridgehead atoms. The van der Waals surface area contributed by atoms with Gasteiger partial charge in [0.1, 0.15) is 6.10 Å². The van der Waals surface area contributed by atoms with Gasteiger partial charge in [0.25, 0.3) is 0 Å². The average molecular weight is 475 g/mol. The summed E-state index contributed by atoms with van der Waals surface area (Å²) in [7, 11) is 0. The van der Waals surface area contributed by atoms with Crippen molar-refractivity contribution in [3.8, 4) is 0 Å². The van der Waals surface area contributed by atoms with Gasteiger partial charge in [-0.15, -0.1) is 0 Å². The van der Waals surface area contributed by atoms with Gasteiger partial charge in [0.05, 0.1) is 12.3 Å². The Hall–Kier alpha value is -1.88. The first kappa shape index (κ1) is 28.4. The maximum atomic E-state index is 11.4. The fraction of sp³-hybridized carbons (Fsp3) is 0.724. The van der Waals surface area contributed by atoms with Gasteiger partial charge in [-0.3, -0.25) is 0 Å². The Morgan fingerprint density at radius 2 is 1.38 bits per heavy atom. The lowest BCUT2D eigenvalue weighted by molar-refractivity contribution is 0.0156. The van der Waals surface area contributed by atoms with E-state index in [-0.39, 0.29) is 12.0 Å². The van der Waals surface area contributed by atoms with Crippen molar-refractivity contribution in [2.75, 3.05) is 30.4 Å². The molecule has 0 radical (unpaired) electrons. The second-order valence-corrected chi connectivity index (χ2v) is 9.65. The van der Waals surface area contributed by atoms with E-state index in [0.717, 1.165) is 56.3 Å². The molecular weight excluding hydrogens is 424 g/mol. The van der Waals surface area contributed by atoms with Gasteiger partial charge < -0.3 is 25.2 Å². The molecule has 5 nitrogen and oxygen atoms in total. The van der Waals surface area contributed by atoms with E-state index >= 15 is 0 Å². The Morgan fingerprint density at radius 1 is 0.794 bits per heavy atom. The number of hydrogen-bond donors (Lipinski definition) is 2. The Morgan fingerprint density at radius 3 is 2.06 bits per heavy atom. The fourth-order valence-corrected chi connectivity index (χ4v) is 4.55. The van der Waals surface area contributed by atoms with Crippen LogP contribution in [0.3, 0.4) is 0 Å². The summed E-state index contributed by atoms with van der Waals surface area (Å²) < 4.78 is 12.6. The monoisotopic (exact) mass is 474 g/mol. The number of aliphatic hydroxyl groups excluding tert-OH is 1. The molecule has 3 N–H and O–H groups in total. The molecule has 1 aliphatic heterocycles. The Kier molecular flexibility index (Phi) is 13.9. The third-order valence-electron chi connectivity index (χ3n) is 6.62. The topological polar surface area (TPSA) is 68.0 Å². The lowest BCUT2D eigenvalue weighted by Crippen LogP contribution is -2.33. The second kappa shape index (κ2) is 16.7. The van der Waals surface area contributed by atoms with E-state index in [1.54, 1.807) is 0 Å². The van der Waals surface area contributed by atoms with E-state index in [0.29, 0.717) is 24.7 Å². The van der Waals surface area contributed by atoms with Crippen molar-refractivity contribution in [2.24, 2.45) is 0 Å². The van der Waals surface area contributed by atoms with Gasteiger partial charge >= 0.3 is 0 Å². The third-order valence-corrected chi connectivity index (χ3v) is 6.62. The number of fused-ring (bicyclic) bond motifs is 1. The van der Waals surface area contributed by atoms with Gasteiger partial charge in [0.15, 0.2) is 5.76 Å². The van der Waals surface area contributed by atoms with Crippen LogP contribution < -0.4 is 10.6 Å². The van der Waals surface area contributed by atoms with Crippen LogP contribution in [0.5, 0.6) is 0 Å². The summed E-state index contributed by atoms with van der Waals surface area (Å²) >= 11 is 0. The first-order valence-electron chi connectivity index (χ1n) is 14.0. The highest BCUT2D eigenvalue weighted by molar-refractivity contribution is 5.67. The molecule has 0 fully saturated rings. The van der Waals surface area contributed by atoms with Crippen molar-refractivity contribution >= 4 is 11.4 Å². The lowest BCUT2D eigenvalue weighted by Gasteiger charge is -2.36. The van der Waals surface area contributed by atoms with Crippen LogP contribution in [0.2, 0.25) is 0 Å². The molecule has 0 aromatic heterocycles. The Balaban J connectivity index is 2.18. The second-order valence-electron chi connectivity index (χ2n) is 9.65. The van der Waals surface area contributed by atoms with Crippen LogP contribution in [-0.2, 0) is 9.47 Å². The maximum Gasteiger partial charge on any atom is 0.233 e. The number of nitrogens with zero attached hydrogens (tertiary/aromatic N) is 1. The van der Waals surface area contributed by atoms with Crippen LogP contribution in [0.4, 0.5) is 11.4 Å². The molecule has 2 rings (SSSR count).